The van der Waals surface area contributed by atoms with Crippen LogP contribution in [-0.4, -0.2) is 29.3 Å². The third kappa shape index (κ3) is 4.40. The zero-order valence-corrected chi connectivity index (χ0v) is 7.46. The summed E-state index contributed by atoms with van der Waals surface area (Å²) < 4.78 is 39.4. The molecule has 0 spiro atoms. The molecule has 6 nitrogen and oxygen atoms in total. The maximum Gasteiger partial charge on any atom is 0.451 e. The highest BCUT2D eigenvalue weighted by Crippen LogP contribution is 2.26. The summed E-state index contributed by atoms with van der Waals surface area (Å²) in [5.74, 6) is -3.97. The van der Waals surface area contributed by atoms with Crippen LogP contribution in [0.15, 0.2) is 16.6 Å². The molecule has 0 saturated carbocycles. The molecule has 0 aliphatic heterocycles. The highest BCUT2D eigenvalue weighted by molar-refractivity contribution is 5.88. The largest absolute Gasteiger partial charge is 0.502 e. The number of ether oxygens (including phenoxy) is 1. The maximum absolute atomic E-state index is 11.8. The lowest BCUT2D eigenvalue weighted by Gasteiger charge is -2.06. The van der Waals surface area contributed by atoms with E-state index in [0.717, 1.165) is 0 Å². The molecule has 0 fully saturated rings. The van der Waals surface area contributed by atoms with Gasteiger partial charge >= 0.3 is 12.1 Å². The Balaban J connectivity index is 0. The highest BCUT2D eigenvalue weighted by atomic mass is 19.4. The van der Waals surface area contributed by atoms with Crippen molar-refractivity contribution in [1.82, 2.24) is 0 Å². The molecule has 0 atom stereocenters. The van der Waals surface area contributed by atoms with E-state index in [1.807, 2.05) is 0 Å². The first kappa shape index (κ1) is 15.8. The van der Waals surface area contributed by atoms with Gasteiger partial charge in [0.05, 0.1) is 6.61 Å². The molecule has 0 amide bonds. The van der Waals surface area contributed by atoms with Gasteiger partial charge in [-0.25, -0.2) is 4.79 Å². The summed E-state index contributed by atoms with van der Waals surface area (Å²) in [5.41, 5.74) is -1.68. The normalized spacial score (nSPS) is 12.3. The third-order valence-corrected chi connectivity index (χ3v) is 1.05. The molecule has 0 bridgehead atoms. The summed E-state index contributed by atoms with van der Waals surface area (Å²) in [6.45, 7) is 1.09. The first-order chi connectivity index (χ1) is 6.34. The van der Waals surface area contributed by atoms with E-state index in [9.17, 15) is 22.9 Å². The molecule has 0 aliphatic carbocycles. The zero-order chi connectivity index (χ0) is 11.4. The van der Waals surface area contributed by atoms with Crippen LogP contribution >= 0.6 is 0 Å². The third-order valence-electron chi connectivity index (χ3n) is 1.05. The molecule has 0 aromatic rings. The molecule has 3 N–H and O–H groups in total. The van der Waals surface area contributed by atoms with Crippen molar-refractivity contribution in [3.63, 3.8) is 0 Å². The quantitative estimate of drug-likeness (QED) is 0.335. The number of aliphatic hydroxyl groups is 1. The minimum Gasteiger partial charge on any atom is -0.502 e. The number of carbonyl (C=O) groups is 1. The monoisotopic (exact) mass is 231 g/mol. The van der Waals surface area contributed by atoms with Gasteiger partial charge in [-0.3, -0.25) is 0 Å². The molecule has 0 unspecified atom stereocenters. The number of nitrogens with zero attached hydrogens (tertiary/aromatic N) is 1. The lowest BCUT2D eigenvalue weighted by Crippen LogP contribution is -2.18. The van der Waals surface area contributed by atoms with E-state index in [0.29, 0.717) is 0 Å². The zero-order valence-electron chi connectivity index (χ0n) is 7.46. The van der Waals surface area contributed by atoms with Crippen LogP contribution in [0, 0.1) is 4.91 Å². The van der Waals surface area contributed by atoms with Gasteiger partial charge in [-0.2, -0.15) is 13.2 Å². The van der Waals surface area contributed by atoms with Crippen LogP contribution in [0.2, 0.25) is 0 Å². The van der Waals surface area contributed by atoms with Gasteiger partial charge in [0.2, 0.25) is 11.5 Å². The van der Waals surface area contributed by atoms with Gasteiger partial charge in [0, 0.05) is 0 Å². The molecular weight excluding hydrogens is 223 g/mol. The summed E-state index contributed by atoms with van der Waals surface area (Å²) in [7, 11) is 0. The predicted octanol–water partition coefficient (Wildman–Crippen LogP) is 0.823. The van der Waals surface area contributed by atoms with Crippen LogP contribution in [-0.2, 0) is 9.53 Å². The van der Waals surface area contributed by atoms with Crippen molar-refractivity contribution < 1.29 is 33.3 Å². The number of esters is 1. The minimum absolute atomic E-state index is 0. The lowest BCUT2D eigenvalue weighted by molar-refractivity contribution is -0.143. The maximum atomic E-state index is 11.8. The molecule has 0 radical (unpaired) electrons. The summed E-state index contributed by atoms with van der Waals surface area (Å²) in [6.07, 6.45) is -5.20. The molecule has 0 aromatic heterocycles. The summed E-state index contributed by atoms with van der Waals surface area (Å²) in [5, 5.41) is 10.2. The first-order valence-corrected chi connectivity index (χ1v) is 3.35. The summed E-state index contributed by atoms with van der Waals surface area (Å²) in [6, 6.07) is 0. The lowest BCUT2D eigenvalue weighted by atomic mass is 10.3. The highest BCUT2D eigenvalue weighted by Gasteiger charge is 2.40. The molecular formula is C6H8F3NO5. The number of carbonyl (C=O) groups excluding carboxylic acids is 1. The Kier molecular flexibility index (Phi) is 6.28. The van der Waals surface area contributed by atoms with Gasteiger partial charge in [0.25, 0.3) is 0 Å². The fourth-order valence-corrected chi connectivity index (χ4v) is 0.511. The standard InChI is InChI=1S/C6H6F3NO4.H2O/c1-2-14-5(12)3(10-13)4(11)6(7,8)9;/h11H,2H2,1H3;1H2/b4-3+;. The Labute approximate surface area is 81.6 Å². The Morgan fingerprint density at radius 2 is 1.93 bits per heavy atom. The van der Waals surface area contributed by atoms with E-state index < -0.39 is 23.6 Å². The number of aliphatic hydroxyl groups excluding tert-OH is 1. The van der Waals surface area contributed by atoms with Crippen LogP contribution in [0.1, 0.15) is 6.92 Å². The number of allylic oxidation sites excluding steroid dienone is 1. The SMILES string of the molecule is CCOC(=O)/C(N=O)=C(\O)C(F)(F)F.O. The van der Waals surface area contributed by atoms with Gasteiger partial charge in [-0.15, -0.1) is 4.91 Å². The molecule has 88 valence electrons. The molecule has 0 aliphatic rings. The van der Waals surface area contributed by atoms with E-state index in [2.05, 4.69) is 4.74 Å². The van der Waals surface area contributed by atoms with Crippen molar-refractivity contribution in [1.29, 1.82) is 0 Å². The first-order valence-electron chi connectivity index (χ1n) is 3.35. The van der Waals surface area contributed by atoms with Gasteiger partial charge < -0.3 is 15.3 Å². The fraction of sp³-hybridized carbons (Fsp3) is 0.500. The summed E-state index contributed by atoms with van der Waals surface area (Å²) in [4.78, 5) is 20.5. The Hall–Kier alpha value is -1.64. The minimum atomic E-state index is -5.20. The Morgan fingerprint density at radius 1 is 1.47 bits per heavy atom. The van der Waals surface area contributed by atoms with E-state index in [-0.39, 0.29) is 12.1 Å². The van der Waals surface area contributed by atoms with Gasteiger partial charge in [0.1, 0.15) is 0 Å². The smallest absolute Gasteiger partial charge is 0.451 e. The molecule has 0 heterocycles. The van der Waals surface area contributed by atoms with Gasteiger partial charge in [-0.05, 0) is 12.1 Å². The van der Waals surface area contributed by atoms with Crippen molar-refractivity contribution in [2.45, 2.75) is 13.1 Å². The molecule has 15 heavy (non-hydrogen) atoms. The fourth-order valence-electron chi connectivity index (χ4n) is 0.511. The van der Waals surface area contributed by atoms with Gasteiger partial charge in [0.15, 0.2) is 0 Å². The van der Waals surface area contributed by atoms with Gasteiger partial charge in [-0.1, -0.05) is 0 Å². The number of rotatable bonds is 3. The van der Waals surface area contributed by atoms with E-state index in [1.165, 1.54) is 6.92 Å². The number of halogens is 3. The molecule has 9 heteroatoms. The van der Waals surface area contributed by atoms with E-state index in [1.54, 1.807) is 5.18 Å². The second-order valence-corrected chi connectivity index (χ2v) is 2.01. The second-order valence-electron chi connectivity index (χ2n) is 2.01. The number of hydrogen-bond donors (Lipinski definition) is 1. The van der Waals surface area contributed by atoms with Crippen LogP contribution < -0.4 is 0 Å². The van der Waals surface area contributed by atoms with E-state index >= 15 is 0 Å². The number of nitroso groups, excluding NO2 is 1. The van der Waals surface area contributed by atoms with Crippen molar-refractivity contribution in [2.24, 2.45) is 5.18 Å². The number of hydrogen-bond acceptors (Lipinski definition) is 5. The van der Waals surface area contributed by atoms with Crippen LogP contribution in [0.3, 0.4) is 0 Å². The second kappa shape index (κ2) is 5.96. The number of alkyl halides is 3. The van der Waals surface area contributed by atoms with Crippen molar-refractivity contribution in [3.05, 3.63) is 16.4 Å². The van der Waals surface area contributed by atoms with Crippen molar-refractivity contribution in [3.8, 4) is 0 Å². The average Bonchev–Trinajstić information content (AvgIpc) is 2.04. The predicted molar refractivity (Wildman–Crippen MR) is 41.8 cm³/mol. The van der Waals surface area contributed by atoms with Crippen molar-refractivity contribution >= 4 is 5.97 Å². The van der Waals surface area contributed by atoms with Crippen LogP contribution in [0.25, 0.3) is 0 Å². The van der Waals surface area contributed by atoms with E-state index in [4.69, 9.17) is 5.11 Å². The topological polar surface area (TPSA) is 107 Å². The van der Waals surface area contributed by atoms with Crippen LogP contribution in [0.5, 0.6) is 0 Å². The average molecular weight is 231 g/mol. The molecule has 0 aromatic carbocycles. The van der Waals surface area contributed by atoms with Crippen molar-refractivity contribution in [2.75, 3.05) is 6.61 Å². The molecule has 0 saturated heterocycles. The summed E-state index contributed by atoms with van der Waals surface area (Å²) >= 11 is 0. The Bertz CT molecular complexity index is 272. The molecule has 0 rings (SSSR count). The van der Waals surface area contributed by atoms with Crippen LogP contribution in [0.4, 0.5) is 13.2 Å². The Morgan fingerprint density at radius 3 is 2.20 bits per heavy atom.